The summed E-state index contributed by atoms with van der Waals surface area (Å²) in [6.07, 6.45) is -4.08. The number of nitro benzene ring substituents is 2. The van der Waals surface area contributed by atoms with Crippen LogP contribution in [-0.4, -0.2) is 26.5 Å². The fourth-order valence-electron chi connectivity index (χ4n) is 2.51. The van der Waals surface area contributed by atoms with Gasteiger partial charge in [0.2, 0.25) is 0 Å². The van der Waals surface area contributed by atoms with Gasteiger partial charge in [-0.2, -0.15) is 13.9 Å². The van der Waals surface area contributed by atoms with Crippen LogP contribution >= 0.6 is 0 Å². The molecule has 1 aromatic heterocycles. The molecule has 1 N–H and O–H groups in total. The van der Waals surface area contributed by atoms with E-state index in [9.17, 15) is 42.9 Å². The molecule has 0 amide bonds. The van der Waals surface area contributed by atoms with Gasteiger partial charge in [0.15, 0.2) is 0 Å². The standard InChI is InChI=1S/C13H10F4N4O5/c1-4-8(6-3-7(19-18-6)13(16,17)12(14)15)11(22)10(21(25)26)5(2)9(4)20(23)24/h3,12,22H,1-2H3,(H,18,19)/p-1. The van der Waals surface area contributed by atoms with Crippen LogP contribution in [0, 0.1) is 34.1 Å². The molecule has 0 saturated heterocycles. The van der Waals surface area contributed by atoms with E-state index in [-0.39, 0.29) is 5.56 Å². The van der Waals surface area contributed by atoms with Crippen LogP contribution in [0.4, 0.5) is 28.9 Å². The van der Waals surface area contributed by atoms with Crippen molar-refractivity contribution in [2.75, 3.05) is 0 Å². The minimum atomic E-state index is -4.62. The maximum absolute atomic E-state index is 13.4. The van der Waals surface area contributed by atoms with Crippen molar-refractivity contribution in [3.8, 4) is 17.0 Å². The number of halogens is 4. The summed E-state index contributed by atoms with van der Waals surface area (Å²) < 4.78 is 51.6. The van der Waals surface area contributed by atoms with Crippen molar-refractivity contribution >= 4 is 11.4 Å². The average molecular weight is 377 g/mol. The third-order valence-corrected chi connectivity index (χ3v) is 3.72. The molecular formula is C13H9F4N4O5-. The molecule has 1 aromatic carbocycles. The van der Waals surface area contributed by atoms with Crippen LogP contribution in [0.25, 0.3) is 11.3 Å². The van der Waals surface area contributed by atoms with Crippen LogP contribution in [-0.2, 0) is 5.92 Å². The van der Waals surface area contributed by atoms with Crippen molar-refractivity contribution in [2.45, 2.75) is 26.2 Å². The first-order valence-electron chi connectivity index (χ1n) is 6.76. The van der Waals surface area contributed by atoms with E-state index in [1.165, 1.54) is 0 Å². The lowest BCUT2D eigenvalue weighted by Gasteiger charge is -2.17. The topological polar surface area (TPSA) is 138 Å². The fourth-order valence-corrected chi connectivity index (χ4v) is 2.51. The van der Waals surface area contributed by atoms with Crippen LogP contribution in [0.3, 0.4) is 0 Å². The van der Waals surface area contributed by atoms with Gasteiger partial charge in [0.1, 0.15) is 11.3 Å². The Morgan fingerprint density at radius 2 is 1.65 bits per heavy atom. The van der Waals surface area contributed by atoms with E-state index in [0.717, 1.165) is 13.8 Å². The normalized spacial score (nSPS) is 11.8. The highest BCUT2D eigenvalue weighted by Gasteiger charge is 2.44. The average Bonchev–Trinajstić information content (AvgIpc) is 2.96. The minimum Gasteiger partial charge on any atom is -0.867 e. The van der Waals surface area contributed by atoms with Gasteiger partial charge < -0.3 is 5.11 Å². The molecular weight excluding hydrogens is 368 g/mol. The number of nitrogens with one attached hydrogen (secondary N) is 1. The zero-order chi connectivity index (χ0) is 20.0. The first-order chi connectivity index (χ1) is 11.9. The quantitative estimate of drug-likeness (QED) is 0.483. The molecule has 9 nitrogen and oxygen atoms in total. The number of hydrogen-bond acceptors (Lipinski definition) is 6. The van der Waals surface area contributed by atoms with Gasteiger partial charge in [0.05, 0.1) is 15.5 Å². The second-order valence-corrected chi connectivity index (χ2v) is 5.26. The van der Waals surface area contributed by atoms with Crippen molar-refractivity contribution < 1.29 is 32.5 Å². The second kappa shape index (κ2) is 6.24. The molecule has 0 saturated carbocycles. The van der Waals surface area contributed by atoms with Crippen molar-refractivity contribution in [3.63, 3.8) is 0 Å². The van der Waals surface area contributed by atoms with Crippen LogP contribution in [0.1, 0.15) is 16.8 Å². The monoisotopic (exact) mass is 377 g/mol. The Labute approximate surface area is 141 Å². The molecule has 13 heteroatoms. The van der Waals surface area contributed by atoms with E-state index >= 15 is 0 Å². The molecule has 0 bridgehead atoms. The Kier molecular flexibility index (Phi) is 4.58. The number of nitrogens with zero attached hydrogens (tertiary/aromatic N) is 3. The highest BCUT2D eigenvalue weighted by molar-refractivity contribution is 5.82. The summed E-state index contributed by atoms with van der Waals surface area (Å²) in [6.45, 7) is 2.07. The van der Waals surface area contributed by atoms with Crippen LogP contribution < -0.4 is 5.11 Å². The zero-order valence-corrected chi connectivity index (χ0v) is 13.0. The number of aromatic nitrogens is 2. The molecule has 0 aliphatic rings. The molecule has 26 heavy (non-hydrogen) atoms. The van der Waals surface area contributed by atoms with Crippen molar-refractivity contribution in [1.82, 2.24) is 10.2 Å². The van der Waals surface area contributed by atoms with Gasteiger partial charge in [0.25, 0.3) is 11.4 Å². The fraction of sp³-hybridized carbons (Fsp3) is 0.308. The predicted molar refractivity (Wildman–Crippen MR) is 76.2 cm³/mol. The molecule has 0 fully saturated rings. The first-order valence-corrected chi connectivity index (χ1v) is 6.76. The molecule has 1 heterocycles. The summed E-state index contributed by atoms with van der Waals surface area (Å²) >= 11 is 0. The summed E-state index contributed by atoms with van der Waals surface area (Å²) in [7, 11) is 0. The molecule has 0 aliphatic carbocycles. The lowest BCUT2D eigenvalue weighted by atomic mass is 9.96. The molecule has 0 radical (unpaired) electrons. The molecule has 0 atom stereocenters. The van der Waals surface area contributed by atoms with Crippen molar-refractivity contribution in [1.29, 1.82) is 0 Å². The number of nitro groups is 2. The van der Waals surface area contributed by atoms with E-state index in [1.54, 1.807) is 5.10 Å². The summed E-state index contributed by atoms with van der Waals surface area (Å²) in [6, 6.07) is 0.401. The summed E-state index contributed by atoms with van der Waals surface area (Å²) in [4.78, 5) is 20.2. The summed E-state index contributed by atoms with van der Waals surface area (Å²) in [5.41, 5.74) is -5.44. The van der Waals surface area contributed by atoms with Gasteiger partial charge >= 0.3 is 12.3 Å². The number of benzene rings is 1. The van der Waals surface area contributed by atoms with Crippen molar-refractivity contribution in [3.05, 3.63) is 43.1 Å². The molecule has 2 aromatic rings. The highest BCUT2D eigenvalue weighted by Crippen LogP contribution is 2.46. The number of H-pyrrole nitrogens is 1. The van der Waals surface area contributed by atoms with Gasteiger partial charge in [0, 0.05) is 11.1 Å². The zero-order valence-electron chi connectivity index (χ0n) is 13.0. The first kappa shape index (κ1) is 19.1. The number of aromatic amines is 1. The van der Waals surface area contributed by atoms with Crippen LogP contribution in [0.15, 0.2) is 6.07 Å². The van der Waals surface area contributed by atoms with Gasteiger partial charge in [-0.05, 0) is 25.7 Å². The molecule has 2 rings (SSSR count). The van der Waals surface area contributed by atoms with Crippen molar-refractivity contribution in [2.24, 2.45) is 0 Å². The summed E-state index contributed by atoms with van der Waals surface area (Å²) in [5, 5.41) is 39.6. The number of rotatable bonds is 5. The Morgan fingerprint density at radius 3 is 2.12 bits per heavy atom. The largest absolute Gasteiger partial charge is 0.867 e. The minimum absolute atomic E-state index is 0.360. The Morgan fingerprint density at radius 1 is 1.12 bits per heavy atom. The van der Waals surface area contributed by atoms with Crippen LogP contribution in [0.2, 0.25) is 0 Å². The summed E-state index contributed by atoms with van der Waals surface area (Å²) in [5.74, 6) is -5.92. The lowest BCUT2D eigenvalue weighted by molar-refractivity contribution is -0.404. The molecule has 0 unspecified atom stereocenters. The SMILES string of the molecule is Cc1c(-c2cc(C(F)(F)C(F)F)[nH]n2)c([O-])c([N+](=O)[O-])c(C)c1[N+](=O)[O-]. The van der Waals surface area contributed by atoms with Gasteiger partial charge in [-0.25, -0.2) is 8.78 Å². The Hall–Kier alpha value is -3.25. The van der Waals surface area contributed by atoms with E-state index in [0.29, 0.717) is 6.07 Å². The third kappa shape index (κ3) is 2.80. The lowest BCUT2D eigenvalue weighted by Crippen LogP contribution is -2.23. The van der Waals surface area contributed by atoms with E-state index in [1.807, 2.05) is 0 Å². The van der Waals surface area contributed by atoms with Gasteiger partial charge in [-0.3, -0.25) is 25.3 Å². The maximum Gasteiger partial charge on any atom is 0.348 e. The second-order valence-electron chi connectivity index (χ2n) is 5.26. The molecule has 0 spiro atoms. The highest BCUT2D eigenvalue weighted by atomic mass is 19.3. The smallest absolute Gasteiger partial charge is 0.348 e. The van der Waals surface area contributed by atoms with E-state index in [2.05, 4.69) is 5.10 Å². The predicted octanol–water partition coefficient (Wildman–Crippen LogP) is 2.94. The molecule has 140 valence electrons. The van der Waals surface area contributed by atoms with E-state index < -0.39 is 61.8 Å². The van der Waals surface area contributed by atoms with Gasteiger partial charge in [-0.1, -0.05) is 0 Å². The van der Waals surface area contributed by atoms with E-state index in [4.69, 9.17) is 0 Å². The third-order valence-electron chi connectivity index (χ3n) is 3.72. The Bertz CT molecular complexity index is 871. The van der Waals surface area contributed by atoms with Gasteiger partial charge in [-0.15, -0.1) is 0 Å². The maximum atomic E-state index is 13.4. The van der Waals surface area contributed by atoms with Crippen LogP contribution in [0.5, 0.6) is 5.75 Å². The number of alkyl halides is 4. The Balaban J connectivity index is 2.81. The molecule has 0 aliphatic heterocycles. The number of hydrogen-bond donors (Lipinski definition) is 1.